The van der Waals surface area contributed by atoms with Gasteiger partial charge >= 0.3 is 0 Å². The van der Waals surface area contributed by atoms with E-state index in [-0.39, 0.29) is 0 Å². The molecule has 0 amide bonds. The molecule has 2 N–H and O–H groups in total. The normalized spacial score (nSPS) is 46.4. The Morgan fingerprint density at radius 2 is 1.65 bits per heavy atom. The summed E-state index contributed by atoms with van der Waals surface area (Å²) < 4.78 is 0. The summed E-state index contributed by atoms with van der Waals surface area (Å²) >= 11 is 0. The van der Waals surface area contributed by atoms with Gasteiger partial charge in [0.05, 0.1) is 0 Å². The van der Waals surface area contributed by atoms with E-state index in [0.717, 1.165) is 25.6 Å². The van der Waals surface area contributed by atoms with Gasteiger partial charge in [0.1, 0.15) is 0 Å². The second-order valence-electron chi connectivity index (χ2n) is 9.10. The van der Waals surface area contributed by atoms with Crippen LogP contribution >= 0.6 is 0 Å². The maximum Gasteiger partial charge on any atom is 0.0104 e. The van der Waals surface area contributed by atoms with Crippen LogP contribution in [0, 0.1) is 22.2 Å². The van der Waals surface area contributed by atoms with Crippen molar-refractivity contribution in [1.29, 1.82) is 0 Å². The summed E-state index contributed by atoms with van der Waals surface area (Å²) in [6, 6.07) is 0. The fraction of sp³-hybridized carbons (Fsp3) is 1.00. The van der Waals surface area contributed by atoms with Gasteiger partial charge in [0.2, 0.25) is 0 Å². The minimum Gasteiger partial charge on any atom is -0.329 e. The Kier molecular flexibility index (Phi) is 3.70. The van der Waals surface area contributed by atoms with E-state index in [0.29, 0.717) is 16.2 Å². The first-order valence-corrected chi connectivity index (χ1v) is 8.82. The predicted octanol–water partition coefficient (Wildman–Crippen LogP) is 3.65. The van der Waals surface area contributed by atoms with Crippen molar-refractivity contribution in [3.8, 4) is 0 Å². The van der Waals surface area contributed by atoms with Crippen LogP contribution in [-0.2, 0) is 0 Å². The van der Waals surface area contributed by atoms with Gasteiger partial charge in [-0.2, -0.15) is 0 Å². The van der Waals surface area contributed by atoms with Crippen LogP contribution in [0.5, 0.6) is 0 Å². The molecule has 0 aromatic rings. The molecule has 0 aliphatic heterocycles. The number of rotatable bonds is 6. The van der Waals surface area contributed by atoms with Crippen molar-refractivity contribution in [3.63, 3.8) is 0 Å². The van der Waals surface area contributed by atoms with E-state index in [2.05, 4.69) is 25.7 Å². The van der Waals surface area contributed by atoms with Gasteiger partial charge in [0.25, 0.3) is 0 Å². The highest BCUT2D eigenvalue weighted by molar-refractivity contribution is 5.10. The molecule has 2 unspecified atom stereocenters. The highest BCUT2D eigenvalue weighted by Gasteiger charge is 2.59. The van der Waals surface area contributed by atoms with Crippen LogP contribution in [0.4, 0.5) is 0 Å². The molecule has 4 aliphatic rings. The highest BCUT2D eigenvalue weighted by Crippen LogP contribution is 2.70. The van der Waals surface area contributed by atoms with Crippen molar-refractivity contribution < 1.29 is 0 Å². The van der Waals surface area contributed by atoms with Crippen molar-refractivity contribution in [3.05, 3.63) is 0 Å². The third-order valence-corrected chi connectivity index (χ3v) is 6.59. The number of hydrogen-bond acceptors (Lipinski definition) is 2. The van der Waals surface area contributed by atoms with Crippen LogP contribution < -0.4 is 5.73 Å². The zero-order valence-corrected chi connectivity index (χ0v) is 13.9. The molecule has 2 atom stereocenters. The van der Waals surface area contributed by atoms with Crippen molar-refractivity contribution in [1.82, 2.24) is 4.90 Å². The average molecular weight is 278 g/mol. The Bertz CT molecular complexity index is 346. The van der Waals surface area contributed by atoms with E-state index in [1.807, 2.05) is 0 Å². The van der Waals surface area contributed by atoms with Crippen LogP contribution in [0.2, 0.25) is 0 Å². The largest absolute Gasteiger partial charge is 0.329 e. The summed E-state index contributed by atoms with van der Waals surface area (Å²) in [6.07, 6.45) is 10.5. The number of nitrogens with zero attached hydrogens (tertiary/aromatic N) is 1. The summed E-state index contributed by atoms with van der Waals surface area (Å²) in [4.78, 5) is 2.56. The maximum atomic E-state index is 5.74. The van der Waals surface area contributed by atoms with E-state index in [1.54, 1.807) is 0 Å². The summed E-state index contributed by atoms with van der Waals surface area (Å²) in [7, 11) is 0. The second-order valence-corrected chi connectivity index (χ2v) is 9.10. The molecule has 0 aromatic heterocycles. The molecule has 0 spiro atoms. The smallest absolute Gasteiger partial charge is 0.0104 e. The summed E-state index contributed by atoms with van der Waals surface area (Å²) in [5.74, 6) is 1.03. The van der Waals surface area contributed by atoms with Gasteiger partial charge in [0, 0.05) is 13.1 Å². The van der Waals surface area contributed by atoms with E-state index in [9.17, 15) is 0 Å². The second kappa shape index (κ2) is 4.98. The molecular weight excluding hydrogens is 244 g/mol. The monoisotopic (exact) mass is 278 g/mol. The van der Waals surface area contributed by atoms with Gasteiger partial charge in [-0.1, -0.05) is 20.8 Å². The van der Waals surface area contributed by atoms with E-state index >= 15 is 0 Å². The number of likely N-dealkylation sites (N-methyl/N-ethyl adjacent to an activating group) is 1. The Labute approximate surface area is 125 Å². The molecule has 4 saturated carbocycles. The third kappa shape index (κ3) is 2.66. The summed E-state index contributed by atoms with van der Waals surface area (Å²) in [6.45, 7) is 11.8. The zero-order valence-electron chi connectivity index (χ0n) is 13.9. The molecule has 0 radical (unpaired) electrons. The van der Waals surface area contributed by atoms with E-state index in [4.69, 9.17) is 5.73 Å². The van der Waals surface area contributed by atoms with Gasteiger partial charge in [0.15, 0.2) is 0 Å². The van der Waals surface area contributed by atoms with Crippen LogP contribution in [0.3, 0.4) is 0 Å². The fourth-order valence-corrected chi connectivity index (χ4v) is 6.97. The number of hydrogen-bond donors (Lipinski definition) is 1. The number of nitrogens with two attached hydrogens (primary N) is 1. The van der Waals surface area contributed by atoms with Crippen molar-refractivity contribution in [2.75, 3.05) is 26.2 Å². The Morgan fingerprint density at radius 1 is 1.00 bits per heavy atom. The van der Waals surface area contributed by atoms with Crippen LogP contribution in [0.25, 0.3) is 0 Å². The molecular formula is C18H34N2. The van der Waals surface area contributed by atoms with E-state index < -0.39 is 0 Å². The van der Waals surface area contributed by atoms with Crippen molar-refractivity contribution in [2.45, 2.75) is 65.7 Å². The molecule has 2 heteroatoms. The lowest BCUT2D eigenvalue weighted by molar-refractivity contribution is -0.149. The van der Waals surface area contributed by atoms with Gasteiger partial charge in [-0.05, 0) is 80.2 Å². The van der Waals surface area contributed by atoms with Gasteiger partial charge in [-0.25, -0.2) is 0 Å². The van der Waals surface area contributed by atoms with Crippen LogP contribution in [-0.4, -0.2) is 31.1 Å². The van der Waals surface area contributed by atoms with Crippen LogP contribution in [0.15, 0.2) is 0 Å². The Morgan fingerprint density at radius 3 is 2.15 bits per heavy atom. The lowest BCUT2D eigenvalue weighted by Crippen LogP contribution is -2.55. The molecule has 4 rings (SSSR count). The topological polar surface area (TPSA) is 29.3 Å². The SMILES string of the molecule is CCN(CCN)CCC12CC3CC(C)(CC(C)(C3)C1)C2. The quantitative estimate of drug-likeness (QED) is 0.803. The van der Waals surface area contributed by atoms with Gasteiger partial charge in [-0.3, -0.25) is 0 Å². The molecule has 2 nitrogen and oxygen atoms in total. The van der Waals surface area contributed by atoms with Crippen molar-refractivity contribution >= 4 is 0 Å². The highest BCUT2D eigenvalue weighted by atomic mass is 15.1. The molecule has 116 valence electrons. The first-order valence-electron chi connectivity index (χ1n) is 8.82. The molecule has 0 aromatic carbocycles. The van der Waals surface area contributed by atoms with Crippen molar-refractivity contribution in [2.24, 2.45) is 27.9 Å². The van der Waals surface area contributed by atoms with E-state index in [1.165, 1.54) is 51.5 Å². The fourth-order valence-electron chi connectivity index (χ4n) is 6.97. The minimum absolute atomic E-state index is 0.666. The Hall–Kier alpha value is -0.0800. The zero-order chi connectivity index (χ0) is 14.4. The Balaban J connectivity index is 1.69. The summed E-state index contributed by atoms with van der Waals surface area (Å²) in [5, 5.41) is 0. The predicted molar refractivity (Wildman–Crippen MR) is 85.6 cm³/mol. The molecule has 4 fully saturated rings. The lowest BCUT2D eigenvalue weighted by Gasteiger charge is -2.66. The first-order chi connectivity index (χ1) is 9.40. The van der Waals surface area contributed by atoms with Gasteiger partial charge in [-0.15, -0.1) is 0 Å². The summed E-state index contributed by atoms with van der Waals surface area (Å²) in [5.41, 5.74) is 7.74. The average Bonchev–Trinajstić information content (AvgIpc) is 2.30. The first kappa shape index (κ1) is 14.8. The molecule has 4 aliphatic carbocycles. The minimum atomic E-state index is 0.666. The van der Waals surface area contributed by atoms with Crippen LogP contribution in [0.1, 0.15) is 65.7 Å². The molecule has 0 saturated heterocycles. The maximum absolute atomic E-state index is 5.74. The molecule has 4 bridgehead atoms. The molecule has 0 heterocycles. The third-order valence-electron chi connectivity index (χ3n) is 6.59. The standard InChI is InChI=1S/C18H34N2/c1-4-20(8-6-19)7-5-18-11-15-9-16(2,13-18)12-17(3,10-15)14-18/h15H,4-14,19H2,1-3H3. The molecule has 20 heavy (non-hydrogen) atoms. The lowest BCUT2D eigenvalue weighted by atomic mass is 9.40. The van der Waals surface area contributed by atoms with Gasteiger partial charge < -0.3 is 10.6 Å².